The van der Waals surface area contributed by atoms with Crippen molar-refractivity contribution in [3.05, 3.63) is 47.5 Å². The fourth-order valence-electron chi connectivity index (χ4n) is 2.34. The Morgan fingerprint density at radius 1 is 1.04 bits per heavy atom. The summed E-state index contributed by atoms with van der Waals surface area (Å²) in [5.41, 5.74) is 9.77. The van der Waals surface area contributed by atoms with Gasteiger partial charge < -0.3 is 21.1 Å². The summed E-state index contributed by atoms with van der Waals surface area (Å²) in [7, 11) is 1.58. The van der Waals surface area contributed by atoms with Crippen LogP contribution in [0.15, 0.2) is 36.4 Å². The number of carbonyl (C=O) groups is 1. The van der Waals surface area contributed by atoms with Crippen LogP contribution in [0.25, 0.3) is 0 Å². The number of nitrogens with two attached hydrogens (primary N) is 1. The second-order valence-corrected chi connectivity index (χ2v) is 6.83. The summed E-state index contributed by atoms with van der Waals surface area (Å²) in [6.45, 7) is 8.30. The Morgan fingerprint density at radius 2 is 1.71 bits per heavy atom. The fraction of sp³-hybridized carbons (Fsp3) is 0.316. The van der Waals surface area contributed by atoms with Crippen LogP contribution in [-0.2, 0) is 5.41 Å². The maximum atomic E-state index is 12.3. The molecule has 0 aliphatic rings. The number of amides is 2. The van der Waals surface area contributed by atoms with Crippen LogP contribution in [0.1, 0.15) is 31.9 Å². The number of rotatable bonds is 3. The molecule has 0 unspecified atom stereocenters. The van der Waals surface area contributed by atoms with Crippen molar-refractivity contribution in [1.29, 1.82) is 0 Å². The molecule has 0 aliphatic heterocycles. The zero-order valence-corrected chi connectivity index (χ0v) is 14.9. The van der Waals surface area contributed by atoms with Crippen LogP contribution in [0, 0.1) is 6.92 Å². The number of hydrogen-bond acceptors (Lipinski definition) is 3. The Bertz CT molecular complexity index is 749. The van der Waals surface area contributed by atoms with Crippen LogP contribution in [0.2, 0.25) is 0 Å². The van der Waals surface area contributed by atoms with Gasteiger partial charge in [0.2, 0.25) is 0 Å². The highest BCUT2D eigenvalue weighted by Crippen LogP contribution is 2.31. The van der Waals surface area contributed by atoms with Gasteiger partial charge >= 0.3 is 6.03 Å². The first kappa shape index (κ1) is 17.7. The van der Waals surface area contributed by atoms with Crippen LogP contribution in [-0.4, -0.2) is 13.1 Å². The predicted molar refractivity (Wildman–Crippen MR) is 99.9 cm³/mol. The quantitative estimate of drug-likeness (QED) is 0.725. The van der Waals surface area contributed by atoms with Gasteiger partial charge in [-0.3, -0.25) is 0 Å². The van der Waals surface area contributed by atoms with E-state index in [2.05, 4.69) is 31.4 Å². The van der Waals surface area contributed by atoms with E-state index in [1.165, 1.54) is 0 Å². The summed E-state index contributed by atoms with van der Waals surface area (Å²) in [6, 6.07) is 10.9. The lowest BCUT2D eigenvalue weighted by molar-refractivity contribution is 0.262. The van der Waals surface area contributed by atoms with Crippen molar-refractivity contribution in [1.82, 2.24) is 0 Å². The third-order valence-electron chi connectivity index (χ3n) is 3.77. The molecule has 2 amide bonds. The summed E-state index contributed by atoms with van der Waals surface area (Å²) >= 11 is 0. The van der Waals surface area contributed by atoms with E-state index in [1.54, 1.807) is 13.2 Å². The van der Waals surface area contributed by atoms with Crippen molar-refractivity contribution < 1.29 is 9.53 Å². The fourth-order valence-corrected chi connectivity index (χ4v) is 2.34. The summed E-state index contributed by atoms with van der Waals surface area (Å²) in [5, 5.41) is 5.60. The Morgan fingerprint density at radius 3 is 2.29 bits per heavy atom. The molecule has 5 nitrogen and oxygen atoms in total. The van der Waals surface area contributed by atoms with Gasteiger partial charge in [0.1, 0.15) is 5.75 Å². The summed E-state index contributed by atoms with van der Waals surface area (Å²) < 4.78 is 5.34. The molecule has 24 heavy (non-hydrogen) atoms. The number of urea groups is 1. The van der Waals surface area contributed by atoms with E-state index >= 15 is 0 Å². The lowest BCUT2D eigenvalue weighted by Gasteiger charge is -2.21. The van der Waals surface area contributed by atoms with Gasteiger partial charge in [0, 0.05) is 0 Å². The average Bonchev–Trinajstić information content (AvgIpc) is 2.49. The van der Waals surface area contributed by atoms with E-state index < -0.39 is 0 Å². The van der Waals surface area contributed by atoms with E-state index in [9.17, 15) is 4.79 Å². The number of hydrogen-bond donors (Lipinski definition) is 3. The monoisotopic (exact) mass is 327 g/mol. The standard InChI is InChI=1S/C19H25N3O2/c1-12-6-8-15(14(20)10-12)21-18(23)22-16-11-13(19(2,3)4)7-9-17(16)24-5/h6-11H,20H2,1-5H3,(H2,21,22,23). The van der Waals surface area contributed by atoms with Crippen LogP contribution >= 0.6 is 0 Å². The number of benzene rings is 2. The van der Waals surface area contributed by atoms with Crippen molar-refractivity contribution >= 4 is 23.1 Å². The van der Waals surface area contributed by atoms with Crippen molar-refractivity contribution in [3.8, 4) is 5.75 Å². The average molecular weight is 327 g/mol. The maximum absolute atomic E-state index is 12.3. The van der Waals surface area contributed by atoms with Crippen molar-refractivity contribution in [2.75, 3.05) is 23.5 Å². The van der Waals surface area contributed by atoms with E-state index in [0.29, 0.717) is 22.8 Å². The number of ether oxygens (including phenoxy) is 1. The number of methoxy groups -OCH3 is 1. The van der Waals surface area contributed by atoms with E-state index in [4.69, 9.17) is 10.5 Å². The Labute approximate surface area is 143 Å². The highest BCUT2D eigenvalue weighted by Gasteiger charge is 2.17. The number of nitrogens with one attached hydrogen (secondary N) is 2. The Hall–Kier alpha value is -2.69. The molecule has 0 aromatic heterocycles. The van der Waals surface area contributed by atoms with Crippen LogP contribution in [0.3, 0.4) is 0 Å². The predicted octanol–water partition coefficient (Wildman–Crippen LogP) is 4.53. The van der Waals surface area contributed by atoms with Crippen LogP contribution in [0.5, 0.6) is 5.75 Å². The molecular weight excluding hydrogens is 302 g/mol. The van der Waals surface area contributed by atoms with Gasteiger partial charge in [-0.15, -0.1) is 0 Å². The first-order valence-electron chi connectivity index (χ1n) is 7.83. The molecule has 2 aromatic carbocycles. The van der Waals surface area contributed by atoms with Crippen molar-refractivity contribution in [2.45, 2.75) is 33.1 Å². The highest BCUT2D eigenvalue weighted by molar-refractivity contribution is 6.02. The minimum atomic E-state index is -0.366. The number of nitrogen functional groups attached to an aromatic ring is 1. The summed E-state index contributed by atoms with van der Waals surface area (Å²) in [5.74, 6) is 0.607. The third-order valence-corrected chi connectivity index (χ3v) is 3.77. The molecule has 128 valence electrons. The topological polar surface area (TPSA) is 76.4 Å². The molecule has 5 heteroatoms. The van der Waals surface area contributed by atoms with Crippen molar-refractivity contribution in [3.63, 3.8) is 0 Å². The number of carbonyl (C=O) groups excluding carboxylic acids is 1. The second-order valence-electron chi connectivity index (χ2n) is 6.83. The van der Waals surface area contributed by atoms with Gasteiger partial charge in [-0.05, 0) is 47.7 Å². The lowest BCUT2D eigenvalue weighted by atomic mass is 9.87. The van der Waals surface area contributed by atoms with Crippen LogP contribution in [0.4, 0.5) is 21.9 Å². The normalized spacial score (nSPS) is 11.0. The third kappa shape index (κ3) is 4.19. The molecule has 0 heterocycles. The SMILES string of the molecule is COc1ccc(C(C)(C)C)cc1NC(=O)Nc1ccc(C)cc1N. The molecule has 4 N–H and O–H groups in total. The molecule has 0 saturated heterocycles. The first-order valence-corrected chi connectivity index (χ1v) is 7.83. The molecule has 2 aromatic rings. The van der Waals surface area contributed by atoms with E-state index in [1.807, 2.05) is 37.3 Å². The number of anilines is 3. The first-order chi connectivity index (χ1) is 11.2. The number of aryl methyl sites for hydroxylation is 1. The zero-order valence-electron chi connectivity index (χ0n) is 14.9. The highest BCUT2D eigenvalue weighted by atomic mass is 16.5. The van der Waals surface area contributed by atoms with Gasteiger partial charge in [0.25, 0.3) is 0 Å². The molecule has 0 radical (unpaired) electrons. The minimum Gasteiger partial charge on any atom is -0.495 e. The molecule has 0 fully saturated rings. The minimum absolute atomic E-state index is 0.0272. The van der Waals surface area contributed by atoms with Crippen LogP contribution < -0.4 is 21.1 Å². The molecule has 2 rings (SSSR count). The van der Waals surface area contributed by atoms with Crippen molar-refractivity contribution in [2.24, 2.45) is 0 Å². The molecule has 0 atom stereocenters. The molecule has 0 spiro atoms. The van der Waals surface area contributed by atoms with Gasteiger partial charge in [0.15, 0.2) is 0 Å². The van der Waals surface area contributed by atoms with Gasteiger partial charge in [0.05, 0.1) is 24.2 Å². The summed E-state index contributed by atoms with van der Waals surface area (Å²) in [4.78, 5) is 12.3. The summed E-state index contributed by atoms with van der Waals surface area (Å²) in [6.07, 6.45) is 0. The lowest BCUT2D eigenvalue weighted by Crippen LogP contribution is -2.21. The molecule has 0 aliphatic carbocycles. The smallest absolute Gasteiger partial charge is 0.323 e. The van der Waals surface area contributed by atoms with Gasteiger partial charge in [-0.25, -0.2) is 4.79 Å². The van der Waals surface area contributed by atoms with E-state index in [0.717, 1.165) is 11.1 Å². The Kier molecular flexibility index (Phi) is 5.02. The van der Waals surface area contributed by atoms with E-state index in [-0.39, 0.29) is 11.4 Å². The van der Waals surface area contributed by atoms with Gasteiger partial charge in [-0.2, -0.15) is 0 Å². The molecule has 0 bridgehead atoms. The molecular formula is C19H25N3O2. The second kappa shape index (κ2) is 6.83. The Balaban J connectivity index is 2.21. The maximum Gasteiger partial charge on any atom is 0.323 e. The van der Waals surface area contributed by atoms with Gasteiger partial charge in [-0.1, -0.05) is 32.9 Å². The largest absolute Gasteiger partial charge is 0.495 e. The molecule has 0 saturated carbocycles. The zero-order chi connectivity index (χ0) is 17.9.